The summed E-state index contributed by atoms with van der Waals surface area (Å²) in [5.41, 5.74) is 22.8. The highest BCUT2D eigenvalue weighted by molar-refractivity contribution is 5.94. The first-order valence-electron chi connectivity index (χ1n) is 12.6. The van der Waals surface area contributed by atoms with Gasteiger partial charge in [0.2, 0.25) is 17.7 Å². The van der Waals surface area contributed by atoms with E-state index in [4.69, 9.17) is 22.9 Å². The van der Waals surface area contributed by atoms with E-state index >= 15 is 0 Å². The van der Waals surface area contributed by atoms with Crippen molar-refractivity contribution in [2.24, 2.45) is 33.8 Å². The maximum absolute atomic E-state index is 13.2. The van der Waals surface area contributed by atoms with Crippen LogP contribution in [0.25, 0.3) is 0 Å². The summed E-state index contributed by atoms with van der Waals surface area (Å²) < 4.78 is 0. The van der Waals surface area contributed by atoms with Crippen molar-refractivity contribution in [3.05, 3.63) is 18.2 Å². The normalized spacial score (nSPS) is 14.1. The number of aromatic nitrogens is 2. The first-order valence-corrected chi connectivity index (χ1v) is 12.6. The van der Waals surface area contributed by atoms with Crippen LogP contribution in [0.5, 0.6) is 0 Å². The molecule has 4 atom stereocenters. The minimum Gasteiger partial charge on any atom is -0.480 e. The van der Waals surface area contributed by atoms with Gasteiger partial charge >= 0.3 is 5.97 Å². The zero-order chi connectivity index (χ0) is 28.7. The summed E-state index contributed by atoms with van der Waals surface area (Å²) in [6.07, 6.45) is 4.96. The lowest BCUT2D eigenvalue weighted by molar-refractivity contribution is -0.142. The van der Waals surface area contributed by atoms with Gasteiger partial charge in [0, 0.05) is 24.9 Å². The first-order chi connectivity index (χ1) is 18.0. The molecule has 15 nitrogen and oxygen atoms in total. The Morgan fingerprint density at radius 1 is 1.00 bits per heavy atom. The second kappa shape index (κ2) is 16.9. The Kier molecular flexibility index (Phi) is 14.4. The monoisotopic (exact) mass is 538 g/mol. The molecule has 0 saturated carbocycles. The highest BCUT2D eigenvalue weighted by Gasteiger charge is 2.31. The van der Waals surface area contributed by atoms with Gasteiger partial charge in [-0.2, -0.15) is 0 Å². The summed E-state index contributed by atoms with van der Waals surface area (Å²) in [5.74, 6) is -3.48. The minimum atomic E-state index is -1.19. The van der Waals surface area contributed by atoms with Gasteiger partial charge in [0.25, 0.3) is 0 Å². The molecule has 0 aliphatic rings. The second-order valence-electron chi connectivity index (χ2n) is 9.31. The Hall–Kier alpha value is -3.72. The predicted octanol–water partition coefficient (Wildman–Crippen LogP) is -2.34. The van der Waals surface area contributed by atoms with Crippen molar-refractivity contribution in [3.8, 4) is 0 Å². The highest BCUT2D eigenvalue weighted by atomic mass is 16.4. The third-order valence-electron chi connectivity index (χ3n) is 5.72. The number of rotatable bonds is 18. The lowest BCUT2D eigenvalue weighted by Gasteiger charge is -2.27. The number of carboxylic acid groups (broad SMARTS) is 1. The van der Waals surface area contributed by atoms with Gasteiger partial charge < -0.3 is 49.0 Å². The minimum absolute atomic E-state index is 0.116. The number of hydrogen-bond donors (Lipinski definition) is 9. The maximum Gasteiger partial charge on any atom is 0.326 e. The highest BCUT2D eigenvalue weighted by Crippen LogP contribution is 2.08. The van der Waals surface area contributed by atoms with Crippen LogP contribution in [0.15, 0.2) is 17.5 Å². The number of aromatic amines is 1. The number of nitrogens with one attached hydrogen (secondary N) is 4. The van der Waals surface area contributed by atoms with Gasteiger partial charge in [0.05, 0.1) is 12.4 Å². The number of hydrogen-bond acceptors (Lipinski definition) is 8. The molecular weight excluding hydrogens is 496 g/mol. The number of aliphatic imine (C=N–C) groups is 1. The number of H-pyrrole nitrogens is 1. The number of carbonyl (C=O) groups excluding carboxylic acids is 3. The summed E-state index contributed by atoms with van der Waals surface area (Å²) in [4.78, 5) is 61.2. The van der Waals surface area contributed by atoms with Crippen LogP contribution in [0.1, 0.15) is 51.6 Å². The average molecular weight is 539 g/mol. The second-order valence-corrected chi connectivity index (χ2v) is 9.31. The van der Waals surface area contributed by atoms with E-state index in [0.29, 0.717) is 31.5 Å². The van der Waals surface area contributed by atoms with Gasteiger partial charge in [0.15, 0.2) is 5.96 Å². The Bertz CT molecular complexity index is 918. The van der Waals surface area contributed by atoms with Crippen LogP contribution in [0.4, 0.5) is 0 Å². The number of guanidine groups is 1. The van der Waals surface area contributed by atoms with E-state index < -0.39 is 47.9 Å². The molecular formula is C23H42N10O5. The molecule has 0 aliphatic carbocycles. The summed E-state index contributed by atoms with van der Waals surface area (Å²) in [5, 5.41) is 17.3. The Balaban J connectivity index is 2.94. The van der Waals surface area contributed by atoms with Crippen molar-refractivity contribution in [1.82, 2.24) is 25.9 Å². The van der Waals surface area contributed by atoms with Crippen LogP contribution in [0, 0.1) is 5.92 Å². The molecule has 0 bridgehead atoms. The Morgan fingerprint density at radius 2 is 1.66 bits per heavy atom. The van der Waals surface area contributed by atoms with E-state index in [0.717, 1.165) is 0 Å². The van der Waals surface area contributed by atoms with E-state index in [9.17, 15) is 24.3 Å². The van der Waals surface area contributed by atoms with Crippen LogP contribution >= 0.6 is 0 Å². The van der Waals surface area contributed by atoms with Crippen molar-refractivity contribution in [3.63, 3.8) is 0 Å². The predicted molar refractivity (Wildman–Crippen MR) is 141 cm³/mol. The molecule has 0 spiro atoms. The fraction of sp³-hybridized carbons (Fsp3) is 0.652. The molecule has 0 radical (unpaired) electrons. The molecule has 15 heteroatoms. The molecule has 1 aromatic rings. The number of nitrogens with zero attached hydrogens (tertiary/aromatic N) is 2. The average Bonchev–Trinajstić information content (AvgIpc) is 3.35. The van der Waals surface area contributed by atoms with E-state index in [1.165, 1.54) is 6.33 Å². The van der Waals surface area contributed by atoms with Crippen molar-refractivity contribution in [2.45, 2.75) is 76.5 Å². The standard InChI is InChI=1S/C23H42N10O5/c1-13(2)18(33-19(34)15(25)10-14-11-28-12-30-14)21(36)31-16(7-5-9-29-23(26)27)20(35)32-17(22(37)38)6-3-4-8-24/h11-13,15-18H,3-10,24-25H2,1-2H3,(H,28,30)(H,31,36)(H,32,35)(H,33,34)(H,37,38)(H4,26,27,29). The maximum atomic E-state index is 13.2. The SMILES string of the molecule is CC(C)C(NC(=O)C(N)Cc1cnc[nH]1)C(=O)NC(CCCN=C(N)N)C(=O)NC(CCCCN)C(=O)O. The third kappa shape index (κ3) is 12.0. The summed E-state index contributed by atoms with van der Waals surface area (Å²) in [6, 6.07) is -4.17. The van der Waals surface area contributed by atoms with Crippen LogP contribution in [-0.2, 0) is 25.6 Å². The van der Waals surface area contributed by atoms with Crippen molar-refractivity contribution >= 4 is 29.7 Å². The quantitative estimate of drug-likeness (QED) is 0.0545. The Labute approximate surface area is 222 Å². The third-order valence-corrected chi connectivity index (χ3v) is 5.72. The lowest BCUT2D eigenvalue weighted by Crippen LogP contribution is -2.58. The van der Waals surface area contributed by atoms with E-state index in [2.05, 4.69) is 30.9 Å². The molecule has 1 aromatic heterocycles. The van der Waals surface area contributed by atoms with Crippen molar-refractivity contribution in [1.29, 1.82) is 0 Å². The molecule has 3 amide bonds. The molecule has 0 aromatic carbocycles. The van der Waals surface area contributed by atoms with Gasteiger partial charge in [-0.15, -0.1) is 0 Å². The smallest absolute Gasteiger partial charge is 0.326 e. The number of carboxylic acids is 1. The van der Waals surface area contributed by atoms with Crippen LogP contribution in [0.3, 0.4) is 0 Å². The van der Waals surface area contributed by atoms with Crippen LogP contribution in [0.2, 0.25) is 0 Å². The van der Waals surface area contributed by atoms with Gasteiger partial charge in [-0.1, -0.05) is 13.8 Å². The number of carbonyl (C=O) groups is 4. The molecule has 1 rings (SSSR count). The number of aliphatic carboxylic acids is 1. The molecule has 4 unspecified atom stereocenters. The summed E-state index contributed by atoms with van der Waals surface area (Å²) in [7, 11) is 0. The van der Waals surface area contributed by atoms with Gasteiger partial charge in [-0.05, 0) is 44.6 Å². The summed E-state index contributed by atoms with van der Waals surface area (Å²) in [6.45, 7) is 4.07. The number of amides is 3. The zero-order valence-corrected chi connectivity index (χ0v) is 22.0. The molecule has 214 valence electrons. The molecule has 38 heavy (non-hydrogen) atoms. The van der Waals surface area contributed by atoms with E-state index in [-0.39, 0.29) is 37.7 Å². The van der Waals surface area contributed by atoms with E-state index in [1.54, 1.807) is 20.0 Å². The molecule has 13 N–H and O–H groups in total. The van der Waals surface area contributed by atoms with Gasteiger partial charge in [-0.25, -0.2) is 9.78 Å². The zero-order valence-electron chi connectivity index (χ0n) is 22.0. The number of nitrogens with two attached hydrogens (primary N) is 4. The van der Waals surface area contributed by atoms with Gasteiger partial charge in [-0.3, -0.25) is 19.4 Å². The number of unbranched alkanes of at least 4 members (excludes halogenated alkanes) is 1. The number of imidazole rings is 1. The molecule has 0 aliphatic heterocycles. The summed E-state index contributed by atoms with van der Waals surface area (Å²) >= 11 is 0. The Morgan fingerprint density at radius 3 is 2.21 bits per heavy atom. The first kappa shape index (κ1) is 32.3. The van der Waals surface area contributed by atoms with Crippen molar-refractivity contribution < 1.29 is 24.3 Å². The fourth-order valence-electron chi connectivity index (χ4n) is 3.58. The molecule has 1 heterocycles. The topological polar surface area (TPSA) is 270 Å². The van der Waals surface area contributed by atoms with Crippen molar-refractivity contribution in [2.75, 3.05) is 13.1 Å². The van der Waals surface area contributed by atoms with Gasteiger partial charge in [0.1, 0.15) is 18.1 Å². The lowest BCUT2D eigenvalue weighted by atomic mass is 10.0. The molecule has 0 fully saturated rings. The van der Waals surface area contributed by atoms with Crippen LogP contribution in [-0.4, -0.2) is 82.0 Å². The van der Waals surface area contributed by atoms with E-state index in [1.807, 2.05) is 0 Å². The fourth-order valence-corrected chi connectivity index (χ4v) is 3.58. The largest absolute Gasteiger partial charge is 0.480 e. The molecule has 0 saturated heterocycles. The van der Waals surface area contributed by atoms with Crippen LogP contribution < -0.4 is 38.9 Å².